The SMILES string of the molecule is CNC(c1cnc(C)s1)C1CCCCC1. The number of aromatic nitrogens is 1. The van der Waals surface area contributed by atoms with Crippen molar-refractivity contribution in [2.45, 2.75) is 45.1 Å². The monoisotopic (exact) mass is 224 g/mol. The number of hydrogen-bond acceptors (Lipinski definition) is 3. The highest BCUT2D eigenvalue weighted by Gasteiger charge is 2.24. The number of thiazole rings is 1. The Bertz CT molecular complexity index is 302. The third-order valence-corrected chi connectivity index (χ3v) is 4.37. The Balaban J connectivity index is 2.08. The second-order valence-electron chi connectivity index (χ2n) is 4.45. The lowest BCUT2D eigenvalue weighted by molar-refractivity contribution is 0.284. The molecule has 0 aromatic carbocycles. The van der Waals surface area contributed by atoms with Crippen LogP contribution in [-0.2, 0) is 0 Å². The predicted molar refractivity (Wildman–Crippen MR) is 65.2 cm³/mol. The summed E-state index contributed by atoms with van der Waals surface area (Å²) >= 11 is 1.84. The van der Waals surface area contributed by atoms with Crippen LogP contribution < -0.4 is 5.32 Å². The van der Waals surface area contributed by atoms with Gasteiger partial charge >= 0.3 is 0 Å². The topological polar surface area (TPSA) is 24.9 Å². The molecule has 0 aliphatic heterocycles. The maximum absolute atomic E-state index is 4.36. The van der Waals surface area contributed by atoms with Crippen molar-refractivity contribution in [2.24, 2.45) is 5.92 Å². The minimum atomic E-state index is 0.538. The highest BCUT2D eigenvalue weighted by Crippen LogP contribution is 2.35. The van der Waals surface area contributed by atoms with Gasteiger partial charge in [0.1, 0.15) is 0 Å². The smallest absolute Gasteiger partial charge is 0.0897 e. The first-order chi connectivity index (χ1) is 7.31. The summed E-state index contributed by atoms with van der Waals surface area (Å²) in [5.41, 5.74) is 0. The van der Waals surface area contributed by atoms with Gasteiger partial charge in [-0.05, 0) is 32.7 Å². The highest BCUT2D eigenvalue weighted by atomic mass is 32.1. The second-order valence-corrected chi connectivity index (χ2v) is 5.71. The molecule has 0 spiro atoms. The van der Waals surface area contributed by atoms with E-state index in [-0.39, 0.29) is 0 Å². The van der Waals surface area contributed by atoms with Gasteiger partial charge in [-0.1, -0.05) is 19.3 Å². The number of hydrogen-bond donors (Lipinski definition) is 1. The van der Waals surface area contributed by atoms with Crippen LogP contribution in [0, 0.1) is 12.8 Å². The number of nitrogens with one attached hydrogen (secondary N) is 1. The Hall–Kier alpha value is -0.410. The van der Waals surface area contributed by atoms with E-state index < -0.39 is 0 Å². The molecule has 1 aromatic heterocycles. The van der Waals surface area contributed by atoms with Gasteiger partial charge in [0.15, 0.2) is 0 Å². The summed E-state index contributed by atoms with van der Waals surface area (Å²) in [5, 5.41) is 4.65. The van der Waals surface area contributed by atoms with Crippen molar-refractivity contribution >= 4 is 11.3 Å². The van der Waals surface area contributed by atoms with Gasteiger partial charge in [-0.25, -0.2) is 4.98 Å². The third-order valence-electron chi connectivity index (χ3n) is 3.38. The minimum absolute atomic E-state index is 0.538. The molecule has 1 atom stereocenters. The molecule has 2 nitrogen and oxygen atoms in total. The summed E-state index contributed by atoms with van der Waals surface area (Å²) in [5.74, 6) is 0.823. The quantitative estimate of drug-likeness (QED) is 0.852. The summed E-state index contributed by atoms with van der Waals surface area (Å²) in [6.07, 6.45) is 9.04. The maximum atomic E-state index is 4.36. The molecule has 2 rings (SSSR count). The van der Waals surface area contributed by atoms with Gasteiger partial charge in [0, 0.05) is 17.1 Å². The fraction of sp³-hybridized carbons (Fsp3) is 0.750. The van der Waals surface area contributed by atoms with Gasteiger partial charge in [0.25, 0.3) is 0 Å². The lowest BCUT2D eigenvalue weighted by Gasteiger charge is -2.29. The second kappa shape index (κ2) is 5.08. The first kappa shape index (κ1) is 11.1. The van der Waals surface area contributed by atoms with E-state index in [0.717, 1.165) is 5.92 Å². The Kier molecular flexibility index (Phi) is 3.76. The molecule has 1 unspecified atom stereocenters. The van der Waals surface area contributed by atoms with E-state index in [2.05, 4.69) is 30.5 Å². The number of aryl methyl sites for hydroxylation is 1. The van der Waals surface area contributed by atoms with Gasteiger partial charge in [-0.3, -0.25) is 0 Å². The van der Waals surface area contributed by atoms with Crippen molar-refractivity contribution < 1.29 is 0 Å². The van der Waals surface area contributed by atoms with E-state index in [4.69, 9.17) is 0 Å². The van der Waals surface area contributed by atoms with E-state index in [1.807, 2.05) is 11.3 Å². The van der Waals surface area contributed by atoms with Crippen LogP contribution in [0.5, 0.6) is 0 Å². The average molecular weight is 224 g/mol. The first-order valence-corrected chi connectivity index (χ1v) is 6.72. The molecule has 1 aliphatic rings. The molecular weight excluding hydrogens is 204 g/mol. The fourth-order valence-corrected chi connectivity index (χ4v) is 3.59. The molecule has 1 aromatic rings. The molecule has 84 valence electrons. The van der Waals surface area contributed by atoms with Gasteiger partial charge in [0.2, 0.25) is 0 Å². The van der Waals surface area contributed by atoms with Crippen molar-refractivity contribution in [3.05, 3.63) is 16.1 Å². The molecule has 15 heavy (non-hydrogen) atoms. The van der Waals surface area contributed by atoms with Crippen LogP contribution in [0.2, 0.25) is 0 Å². The lowest BCUT2D eigenvalue weighted by atomic mass is 9.83. The standard InChI is InChI=1S/C12H20N2S/c1-9-14-8-11(15-9)12(13-2)10-6-4-3-5-7-10/h8,10,12-13H,3-7H2,1-2H3. The summed E-state index contributed by atoms with van der Waals surface area (Å²) in [7, 11) is 2.08. The molecule has 1 fully saturated rings. The minimum Gasteiger partial charge on any atom is -0.312 e. The number of nitrogens with zero attached hydrogens (tertiary/aromatic N) is 1. The van der Waals surface area contributed by atoms with E-state index in [1.54, 1.807) is 0 Å². The third kappa shape index (κ3) is 2.58. The van der Waals surface area contributed by atoms with Crippen molar-refractivity contribution in [3.8, 4) is 0 Å². The predicted octanol–water partition coefficient (Wildman–Crippen LogP) is 3.29. The average Bonchev–Trinajstić information content (AvgIpc) is 2.68. The Morgan fingerprint density at radius 2 is 2.13 bits per heavy atom. The van der Waals surface area contributed by atoms with E-state index >= 15 is 0 Å². The molecule has 1 heterocycles. The maximum Gasteiger partial charge on any atom is 0.0897 e. The van der Waals surface area contributed by atoms with Crippen molar-refractivity contribution in [3.63, 3.8) is 0 Å². The van der Waals surface area contributed by atoms with Crippen molar-refractivity contribution in [2.75, 3.05) is 7.05 Å². The zero-order valence-electron chi connectivity index (χ0n) is 9.62. The molecule has 0 saturated heterocycles. The Morgan fingerprint density at radius 1 is 1.40 bits per heavy atom. The molecule has 0 amide bonds. The first-order valence-electron chi connectivity index (χ1n) is 5.91. The molecule has 1 N–H and O–H groups in total. The summed E-state index contributed by atoms with van der Waals surface area (Å²) in [4.78, 5) is 5.78. The fourth-order valence-electron chi connectivity index (χ4n) is 2.60. The van der Waals surface area contributed by atoms with Crippen LogP contribution >= 0.6 is 11.3 Å². The molecule has 0 radical (unpaired) electrons. The van der Waals surface area contributed by atoms with Gasteiger partial charge in [0.05, 0.1) is 5.01 Å². The Labute approximate surface area is 96.1 Å². The largest absolute Gasteiger partial charge is 0.312 e. The molecule has 3 heteroatoms. The van der Waals surface area contributed by atoms with Crippen LogP contribution in [-0.4, -0.2) is 12.0 Å². The van der Waals surface area contributed by atoms with Gasteiger partial charge < -0.3 is 5.32 Å². The zero-order chi connectivity index (χ0) is 10.7. The molecule has 0 bridgehead atoms. The van der Waals surface area contributed by atoms with Crippen LogP contribution in [0.3, 0.4) is 0 Å². The molecular formula is C12H20N2S. The van der Waals surface area contributed by atoms with Gasteiger partial charge in [-0.15, -0.1) is 11.3 Å². The zero-order valence-corrected chi connectivity index (χ0v) is 10.4. The normalized spacial score (nSPS) is 20.4. The van der Waals surface area contributed by atoms with Gasteiger partial charge in [-0.2, -0.15) is 0 Å². The van der Waals surface area contributed by atoms with Crippen LogP contribution in [0.4, 0.5) is 0 Å². The number of rotatable bonds is 3. The van der Waals surface area contributed by atoms with Crippen LogP contribution in [0.25, 0.3) is 0 Å². The summed E-state index contributed by atoms with van der Waals surface area (Å²) in [6, 6.07) is 0.538. The Morgan fingerprint density at radius 3 is 2.67 bits per heavy atom. The van der Waals surface area contributed by atoms with Crippen LogP contribution in [0.1, 0.15) is 48.0 Å². The van der Waals surface area contributed by atoms with E-state index in [1.165, 1.54) is 42.0 Å². The summed E-state index contributed by atoms with van der Waals surface area (Å²) in [6.45, 7) is 2.09. The lowest BCUT2D eigenvalue weighted by Crippen LogP contribution is -2.26. The van der Waals surface area contributed by atoms with Crippen LogP contribution in [0.15, 0.2) is 6.20 Å². The van der Waals surface area contributed by atoms with Crippen molar-refractivity contribution in [1.82, 2.24) is 10.3 Å². The molecule has 1 aliphatic carbocycles. The van der Waals surface area contributed by atoms with E-state index in [0.29, 0.717) is 6.04 Å². The molecule has 1 saturated carbocycles. The van der Waals surface area contributed by atoms with Crippen molar-refractivity contribution in [1.29, 1.82) is 0 Å². The highest BCUT2D eigenvalue weighted by molar-refractivity contribution is 7.11. The summed E-state index contributed by atoms with van der Waals surface area (Å²) < 4.78 is 0. The van der Waals surface area contributed by atoms with E-state index in [9.17, 15) is 0 Å².